The van der Waals surface area contributed by atoms with Gasteiger partial charge in [-0.05, 0) is 79.8 Å². The molecule has 1 aliphatic heterocycles. The number of nitrogens with one attached hydrogen (secondary N) is 2. The molecule has 2 aromatic heterocycles. The number of pyridine rings is 1. The fourth-order valence-electron chi connectivity index (χ4n) is 4.98. The monoisotopic (exact) mass is 541 g/mol. The molecule has 3 heterocycles. The third-order valence-electron chi connectivity index (χ3n) is 6.90. The molecule has 0 radical (unpaired) electrons. The summed E-state index contributed by atoms with van der Waals surface area (Å²) in [5.41, 5.74) is 5.47. The first kappa shape index (κ1) is 26.2. The van der Waals surface area contributed by atoms with Crippen LogP contribution in [0.3, 0.4) is 0 Å². The number of carbonyl (C=O) groups excluding carboxylic acids is 1. The summed E-state index contributed by atoms with van der Waals surface area (Å²) in [6.07, 6.45) is 2.17. The van der Waals surface area contributed by atoms with Crippen molar-refractivity contribution < 1.29 is 14.3 Å². The minimum absolute atomic E-state index is 0.0831. The molecule has 0 bridgehead atoms. The first-order valence-electron chi connectivity index (χ1n) is 12.8. The van der Waals surface area contributed by atoms with Gasteiger partial charge in [0.15, 0.2) is 5.11 Å². The fourth-order valence-corrected chi connectivity index (χ4v) is 5.32. The molecule has 4 aromatic rings. The summed E-state index contributed by atoms with van der Waals surface area (Å²) in [5, 5.41) is 7.00. The van der Waals surface area contributed by atoms with Gasteiger partial charge in [0.2, 0.25) is 5.91 Å². The lowest BCUT2D eigenvalue weighted by Crippen LogP contribution is -2.30. The van der Waals surface area contributed by atoms with Gasteiger partial charge < -0.3 is 29.6 Å². The summed E-state index contributed by atoms with van der Waals surface area (Å²) in [7, 11) is 3.25. The Morgan fingerprint density at radius 2 is 1.79 bits per heavy atom. The van der Waals surface area contributed by atoms with Gasteiger partial charge >= 0.3 is 0 Å². The Hall–Kier alpha value is -4.37. The predicted molar refractivity (Wildman–Crippen MR) is 157 cm³/mol. The highest BCUT2D eigenvalue weighted by Crippen LogP contribution is 2.44. The van der Waals surface area contributed by atoms with E-state index in [1.165, 1.54) is 0 Å². The molecule has 1 amide bonds. The molecule has 1 fully saturated rings. The van der Waals surface area contributed by atoms with E-state index in [2.05, 4.69) is 44.1 Å². The van der Waals surface area contributed by atoms with Gasteiger partial charge in [0, 0.05) is 41.4 Å². The summed E-state index contributed by atoms with van der Waals surface area (Å²) >= 11 is 5.93. The predicted octanol–water partition coefficient (Wildman–Crippen LogP) is 5.72. The van der Waals surface area contributed by atoms with Crippen molar-refractivity contribution in [3.63, 3.8) is 0 Å². The van der Waals surface area contributed by atoms with E-state index in [1.54, 1.807) is 20.4 Å². The molecule has 1 saturated heterocycles. The zero-order valence-electron chi connectivity index (χ0n) is 22.3. The van der Waals surface area contributed by atoms with E-state index >= 15 is 0 Å². The molecule has 1 aliphatic rings. The van der Waals surface area contributed by atoms with E-state index in [1.807, 2.05) is 67.6 Å². The number of carbonyl (C=O) groups is 1. The number of thiocarbonyl (C=S) groups is 1. The topological polar surface area (TPSA) is 80.7 Å². The number of ether oxygens (including phenoxy) is 2. The maximum atomic E-state index is 12.1. The van der Waals surface area contributed by atoms with E-state index in [4.69, 9.17) is 21.7 Å². The van der Waals surface area contributed by atoms with E-state index < -0.39 is 0 Å². The highest BCUT2D eigenvalue weighted by Gasteiger charge is 2.42. The lowest BCUT2D eigenvalue weighted by Gasteiger charge is -2.30. The van der Waals surface area contributed by atoms with Gasteiger partial charge in [0.25, 0.3) is 0 Å². The molecule has 0 unspecified atom stereocenters. The van der Waals surface area contributed by atoms with Crippen LogP contribution in [0, 0.1) is 6.92 Å². The fraction of sp³-hybridized carbons (Fsp3) is 0.233. The maximum absolute atomic E-state index is 12.1. The second-order valence-corrected chi connectivity index (χ2v) is 9.60. The molecule has 200 valence electrons. The summed E-state index contributed by atoms with van der Waals surface area (Å²) in [6.45, 7) is 3.90. The van der Waals surface area contributed by atoms with E-state index in [-0.39, 0.29) is 18.0 Å². The number of aryl methyl sites for hydroxylation is 1. The second-order valence-electron chi connectivity index (χ2n) is 9.22. The summed E-state index contributed by atoms with van der Waals surface area (Å²) in [6, 6.07) is 23.4. The van der Waals surface area contributed by atoms with E-state index in [0.29, 0.717) is 23.0 Å². The largest absolute Gasteiger partial charge is 0.497 e. The number of nitrogens with zero attached hydrogens (tertiary/aromatic N) is 3. The normalized spacial score (nSPS) is 16.6. The first-order chi connectivity index (χ1) is 18.9. The molecule has 2 N–H and O–H groups in total. The van der Waals surface area contributed by atoms with Crippen LogP contribution in [-0.4, -0.2) is 34.8 Å². The van der Waals surface area contributed by atoms with Crippen molar-refractivity contribution in [3.8, 4) is 17.2 Å². The third-order valence-corrected chi connectivity index (χ3v) is 7.21. The van der Waals surface area contributed by atoms with Crippen LogP contribution in [0.15, 0.2) is 79.0 Å². The van der Waals surface area contributed by atoms with Crippen molar-refractivity contribution in [3.05, 3.63) is 96.1 Å². The first-order valence-corrected chi connectivity index (χ1v) is 13.2. The van der Waals surface area contributed by atoms with Crippen molar-refractivity contribution in [2.75, 3.05) is 24.4 Å². The lowest BCUT2D eigenvalue weighted by molar-refractivity contribution is -0.115. The molecule has 0 aliphatic carbocycles. The molecule has 0 saturated carbocycles. The number of anilines is 2. The zero-order valence-corrected chi connectivity index (χ0v) is 23.2. The number of aromatic nitrogens is 2. The van der Waals surface area contributed by atoms with Crippen LogP contribution in [0.2, 0.25) is 0 Å². The van der Waals surface area contributed by atoms with E-state index in [9.17, 15) is 4.79 Å². The number of methoxy groups -OCH3 is 2. The van der Waals surface area contributed by atoms with Crippen molar-refractivity contribution in [2.24, 2.45) is 0 Å². The van der Waals surface area contributed by atoms with Crippen LogP contribution in [0.25, 0.3) is 5.69 Å². The minimum atomic E-state index is -0.232. The SMILES string of the molecule is CCC(=O)Nc1ccc(N2C(=S)N[C@H](c3ccccn3)[C@@H]2c2ccc(C)n2-c2ccc(OC)cc2)cc1OC. The Morgan fingerprint density at radius 1 is 1.03 bits per heavy atom. The number of amides is 1. The van der Waals surface area contributed by atoms with Crippen molar-refractivity contribution >= 4 is 34.6 Å². The summed E-state index contributed by atoms with van der Waals surface area (Å²) in [4.78, 5) is 18.8. The highest BCUT2D eigenvalue weighted by molar-refractivity contribution is 7.80. The van der Waals surface area contributed by atoms with Gasteiger partial charge in [-0.15, -0.1) is 0 Å². The number of hydrogen-bond donors (Lipinski definition) is 2. The Labute approximate surface area is 233 Å². The molecular weight excluding hydrogens is 510 g/mol. The van der Waals surface area contributed by atoms with Gasteiger partial charge in [-0.2, -0.15) is 0 Å². The van der Waals surface area contributed by atoms with Crippen molar-refractivity contribution in [1.82, 2.24) is 14.9 Å². The quantitative estimate of drug-likeness (QED) is 0.276. The molecule has 0 spiro atoms. The molecule has 5 rings (SSSR count). The minimum Gasteiger partial charge on any atom is -0.497 e. The molecule has 2 aromatic carbocycles. The van der Waals surface area contributed by atoms with Crippen LogP contribution < -0.4 is 25.0 Å². The van der Waals surface area contributed by atoms with Crippen LogP contribution in [-0.2, 0) is 4.79 Å². The lowest BCUT2D eigenvalue weighted by atomic mass is 10.0. The Kier molecular flexibility index (Phi) is 7.51. The van der Waals surface area contributed by atoms with Gasteiger partial charge in [0.1, 0.15) is 17.5 Å². The average Bonchev–Trinajstić information content (AvgIpc) is 3.52. The Balaban J connectivity index is 1.64. The Morgan fingerprint density at radius 3 is 2.46 bits per heavy atom. The second kappa shape index (κ2) is 11.2. The maximum Gasteiger partial charge on any atom is 0.224 e. The zero-order chi connectivity index (χ0) is 27.5. The van der Waals surface area contributed by atoms with Gasteiger partial charge in [-0.1, -0.05) is 13.0 Å². The molecule has 2 atom stereocenters. The standard InChI is InChI=1S/C30H31N5O3S/c1-5-27(36)32-23-15-12-21(18-26(23)38-4)35-29(28(33-30(35)39)24-8-6-7-17-31-24)25-16-9-19(2)34(25)20-10-13-22(37-3)14-11-20/h6-18,28-29H,5H2,1-4H3,(H,32,36)(H,33,39)/t28-,29+/m1/s1. The number of benzene rings is 2. The molecule has 8 nitrogen and oxygen atoms in total. The van der Waals surface area contributed by atoms with Gasteiger partial charge in [0.05, 0.1) is 31.6 Å². The van der Waals surface area contributed by atoms with Crippen LogP contribution in [0.5, 0.6) is 11.5 Å². The summed E-state index contributed by atoms with van der Waals surface area (Å²) in [5.74, 6) is 1.27. The molecular formula is C30H31N5O3S. The van der Waals surface area contributed by atoms with Gasteiger partial charge in [-0.25, -0.2) is 0 Å². The van der Waals surface area contributed by atoms with Crippen LogP contribution in [0.1, 0.15) is 42.5 Å². The van der Waals surface area contributed by atoms with E-state index in [0.717, 1.165) is 34.2 Å². The van der Waals surface area contributed by atoms with Crippen LogP contribution in [0.4, 0.5) is 11.4 Å². The third kappa shape index (κ3) is 5.05. The van der Waals surface area contributed by atoms with Gasteiger partial charge in [-0.3, -0.25) is 9.78 Å². The van der Waals surface area contributed by atoms with Crippen molar-refractivity contribution in [2.45, 2.75) is 32.4 Å². The summed E-state index contributed by atoms with van der Waals surface area (Å²) < 4.78 is 13.3. The molecule has 9 heteroatoms. The van der Waals surface area contributed by atoms with Crippen molar-refractivity contribution in [1.29, 1.82) is 0 Å². The number of rotatable bonds is 8. The van der Waals surface area contributed by atoms with Crippen LogP contribution >= 0.6 is 12.2 Å². The number of hydrogen-bond acceptors (Lipinski definition) is 5. The average molecular weight is 542 g/mol. The highest BCUT2D eigenvalue weighted by atomic mass is 32.1. The molecule has 39 heavy (non-hydrogen) atoms. The smallest absolute Gasteiger partial charge is 0.224 e. The Bertz CT molecular complexity index is 1490.